The Morgan fingerprint density at radius 1 is 1.00 bits per heavy atom. The zero-order valence-corrected chi connectivity index (χ0v) is 22.0. The first-order valence-electron chi connectivity index (χ1n) is 12.7. The first-order valence-corrected chi connectivity index (χ1v) is 12.7. The molecule has 2 aromatic carbocycles. The third-order valence-corrected chi connectivity index (χ3v) is 6.20. The van der Waals surface area contributed by atoms with Gasteiger partial charge >= 0.3 is 0 Å². The molecule has 0 spiro atoms. The van der Waals surface area contributed by atoms with Gasteiger partial charge in [-0.1, -0.05) is 32.4 Å². The molecule has 7 nitrogen and oxygen atoms in total. The lowest BCUT2D eigenvalue weighted by molar-refractivity contribution is -0.140. The Labute approximate surface area is 214 Å². The molecule has 0 radical (unpaired) electrons. The molecule has 2 aromatic rings. The number of carbonyl (C=O) groups excluding carboxylic acids is 2. The van der Waals surface area contributed by atoms with E-state index in [0.717, 1.165) is 41.9 Å². The fourth-order valence-corrected chi connectivity index (χ4v) is 4.17. The molecule has 1 N–H and O–H groups in total. The largest absolute Gasteiger partial charge is 0.507 e. The number of aliphatic hydroxyl groups excluding tert-OH is 1. The van der Waals surface area contributed by atoms with Crippen molar-refractivity contribution in [3.05, 3.63) is 64.7 Å². The van der Waals surface area contributed by atoms with Crippen molar-refractivity contribution in [2.75, 3.05) is 40.4 Å². The molecule has 1 atom stereocenters. The summed E-state index contributed by atoms with van der Waals surface area (Å²) in [6.07, 6.45) is 2.89. The summed E-state index contributed by atoms with van der Waals surface area (Å²) in [5, 5.41) is 11.3. The van der Waals surface area contributed by atoms with Crippen molar-refractivity contribution < 1.29 is 24.2 Å². The number of likely N-dealkylation sites (tertiary alicyclic amines) is 1. The molecule has 3 rings (SSSR count). The Hall–Kier alpha value is -3.32. The molecule has 0 aliphatic carbocycles. The van der Waals surface area contributed by atoms with Gasteiger partial charge in [0.25, 0.3) is 11.7 Å². The van der Waals surface area contributed by atoms with E-state index < -0.39 is 17.7 Å². The van der Waals surface area contributed by atoms with Crippen LogP contribution in [0.1, 0.15) is 55.8 Å². The lowest BCUT2D eigenvalue weighted by Gasteiger charge is -2.26. The number of Topliss-reactive ketones (excluding diaryl/α,β-unsaturated/α-hetero) is 1. The summed E-state index contributed by atoms with van der Waals surface area (Å²) in [5.74, 6) is 0.000411. The number of ether oxygens (including phenoxy) is 2. The van der Waals surface area contributed by atoms with Crippen LogP contribution in [0.2, 0.25) is 0 Å². The zero-order valence-electron chi connectivity index (χ0n) is 22.0. The number of hydrogen-bond acceptors (Lipinski definition) is 6. The zero-order chi connectivity index (χ0) is 26.2. The van der Waals surface area contributed by atoms with Crippen molar-refractivity contribution in [3.8, 4) is 11.5 Å². The van der Waals surface area contributed by atoms with Crippen LogP contribution in [0.15, 0.2) is 48.0 Å². The predicted molar refractivity (Wildman–Crippen MR) is 141 cm³/mol. The number of rotatable bonds is 12. The molecular formula is C29H38N2O5. The molecule has 1 aliphatic rings. The van der Waals surface area contributed by atoms with E-state index in [0.29, 0.717) is 31.9 Å². The van der Waals surface area contributed by atoms with Crippen LogP contribution in [0.25, 0.3) is 5.76 Å². The van der Waals surface area contributed by atoms with Crippen LogP contribution in [0, 0.1) is 6.92 Å². The average Bonchev–Trinajstić information content (AvgIpc) is 3.12. The molecule has 1 unspecified atom stereocenters. The first kappa shape index (κ1) is 27.3. The van der Waals surface area contributed by atoms with E-state index in [1.807, 2.05) is 57.1 Å². The van der Waals surface area contributed by atoms with Crippen molar-refractivity contribution in [1.29, 1.82) is 0 Å². The standard InChI is InChI=1S/C29H38N2O5/c1-6-8-18-36-24-14-11-22(19-20(24)3)27(32)25-26(21-9-12-23(13-10-21)35-17-7-2)31(16-15-30(4)5)29(34)28(25)33/h9-14,19,26,32H,6-8,15-18H2,1-5H3. The van der Waals surface area contributed by atoms with Gasteiger partial charge in [-0.3, -0.25) is 9.59 Å². The van der Waals surface area contributed by atoms with Gasteiger partial charge in [-0.05, 0) is 75.3 Å². The maximum Gasteiger partial charge on any atom is 0.295 e. The average molecular weight is 495 g/mol. The summed E-state index contributed by atoms with van der Waals surface area (Å²) in [4.78, 5) is 29.8. The second-order valence-electron chi connectivity index (χ2n) is 9.40. The van der Waals surface area contributed by atoms with E-state index in [9.17, 15) is 14.7 Å². The van der Waals surface area contributed by atoms with Crippen molar-refractivity contribution >= 4 is 17.4 Å². The summed E-state index contributed by atoms with van der Waals surface area (Å²) in [6.45, 7) is 8.22. The Balaban J connectivity index is 2.02. The number of aryl methyl sites for hydroxylation is 1. The Morgan fingerprint density at radius 3 is 2.33 bits per heavy atom. The van der Waals surface area contributed by atoms with Crippen molar-refractivity contribution in [2.24, 2.45) is 0 Å². The second-order valence-corrected chi connectivity index (χ2v) is 9.40. The Bertz CT molecular complexity index is 1090. The summed E-state index contributed by atoms with van der Waals surface area (Å²) in [7, 11) is 3.83. The van der Waals surface area contributed by atoms with Gasteiger partial charge in [0.15, 0.2) is 0 Å². The molecule has 36 heavy (non-hydrogen) atoms. The number of ketones is 1. The summed E-state index contributed by atoms with van der Waals surface area (Å²) in [6, 6.07) is 12.0. The number of hydrogen-bond donors (Lipinski definition) is 1. The minimum absolute atomic E-state index is 0.0973. The van der Waals surface area contributed by atoms with Crippen LogP contribution in [0.5, 0.6) is 11.5 Å². The molecule has 0 saturated carbocycles. The van der Waals surface area contributed by atoms with Gasteiger partial charge in [0.2, 0.25) is 0 Å². The second kappa shape index (κ2) is 12.6. The minimum atomic E-state index is -0.689. The van der Waals surface area contributed by atoms with E-state index in [4.69, 9.17) is 9.47 Å². The van der Waals surface area contributed by atoms with Gasteiger partial charge in [-0.2, -0.15) is 0 Å². The van der Waals surface area contributed by atoms with Crippen LogP contribution in [-0.4, -0.2) is 67.0 Å². The molecular weight excluding hydrogens is 456 g/mol. The van der Waals surface area contributed by atoms with Crippen molar-refractivity contribution in [2.45, 2.75) is 46.1 Å². The number of unbranched alkanes of at least 4 members (excludes halogenated alkanes) is 1. The fourth-order valence-electron chi connectivity index (χ4n) is 4.17. The number of nitrogens with zero attached hydrogens (tertiary/aromatic N) is 2. The van der Waals surface area contributed by atoms with E-state index in [1.165, 1.54) is 0 Å². The number of likely N-dealkylation sites (N-methyl/N-ethyl adjacent to an activating group) is 1. The van der Waals surface area contributed by atoms with Gasteiger partial charge in [0.05, 0.1) is 24.8 Å². The Kier molecular flexibility index (Phi) is 9.53. The van der Waals surface area contributed by atoms with E-state index in [-0.39, 0.29) is 11.3 Å². The normalized spacial score (nSPS) is 17.2. The van der Waals surface area contributed by atoms with Gasteiger partial charge < -0.3 is 24.4 Å². The third-order valence-electron chi connectivity index (χ3n) is 6.20. The highest BCUT2D eigenvalue weighted by Crippen LogP contribution is 2.40. The SMILES string of the molecule is CCCCOc1ccc(C(O)=C2C(=O)C(=O)N(CCN(C)C)C2c2ccc(OCCC)cc2)cc1C. The van der Waals surface area contributed by atoms with Gasteiger partial charge in [0.1, 0.15) is 17.3 Å². The molecule has 1 amide bonds. The van der Waals surface area contributed by atoms with Gasteiger partial charge in [-0.25, -0.2) is 0 Å². The Morgan fingerprint density at radius 2 is 1.72 bits per heavy atom. The molecule has 0 bridgehead atoms. The number of amides is 1. The summed E-state index contributed by atoms with van der Waals surface area (Å²) >= 11 is 0. The molecule has 7 heteroatoms. The molecule has 1 saturated heterocycles. The fraction of sp³-hybridized carbons (Fsp3) is 0.448. The van der Waals surface area contributed by atoms with Crippen LogP contribution in [0.3, 0.4) is 0 Å². The summed E-state index contributed by atoms with van der Waals surface area (Å²) < 4.78 is 11.5. The lowest BCUT2D eigenvalue weighted by Crippen LogP contribution is -2.35. The van der Waals surface area contributed by atoms with E-state index in [2.05, 4.69) is 6.92 Å². The molecule has 1 fully saturated rings. The minimum Gasteiger partial charge on any atom is -0.507 e. The lowest BCUT2D eigenvalue weighted by atomic mass is 9.94. The number of benzene rings is 2. The number of aliphatic hydroxyl groups is 1. The highest BCUT2D eigenvalue weighted by molar-refractivity contribution is 6.46. The smallest absolute Gasteiger partial charge is 0.295 e. The highest BCUT2D eigenvalue weighted by Gasteiger charge is 2.45. The molecule has 1 aliphatic heterocycles. The van der Waals surface area contributed by atoms with Crippen LogP contribution >= 0.6 is 0 Å². The number of carbonyl (C=O) groups is 2. The molecule has 1 heterocycles. The van der Waals surface area contributed by atoms with Gasteiger partial charge in [-0.15, -0.1) is 0 Å². The topological polar surface area (TPSA) is 79.3 Å². The predicted octanol–water partition coefficient (Wildman–Crippen LogP) is 4.95. The summed E-state index contributed by atoms with van der Waals surface area (Å²) in [5.41, 5.74) is 2.18. The van der Waals surface area contributed by atoms with Crippen LogP contribution in [-0.2, 0) is 9.59 Å². The van der Waals surface area contributed by atoms with Crippen LogP contribution in [0.4, 0.5) is 0 Å². The van der Waals surface area contributed by atoms with E-state index >= 15 is 0 Å². The maximum absolute atomic E-state index is 13.2. The van der Waals surface area contributed by atoms with Crippen molar-refractivity contribution in [1.82, 2.24) is 9.80 Å². The maximum atomic E-state index is 13.2. The third kappa shape index (κ3) is 6.26. The molecule has 194 valence electrons. The molecule has 0 aromatic heterocycles. The first-order chi connectivity index (χ1) is 17.3. The highest BCUT2D eigenvalue weighted by atomic mass is 16.5. The monoisotopic (exact) mass is 494 g/mol. The van der Waals surface area contributed by atoms with Crippen molar-refractivity contribution in [3.63, 3.8) is 0 Å². The van der Waals surface area contributed by atoms with Gasteiger partial charge in [0, 0.05) is 18.7 Å². The van der Waals surface area contributed by atoms with Crippen LogP contribution < -0.4 is 9.47 Å². The van der Waals surface area contributed by atoms with E-state index in [1.54, 1.807) is 23.1 Å². The quantitative estimate of drug-likeness (QED) is 0.195.